The molecule has 0 heterocycles. The molecular weight excluding hydrogens is 219 g/mol. The first kappa shape index (κ1) is 13.6. The molecular formula is C13H19FN2O. The summed E-state index contributed by atoms with van der Waals surface area (Å²) in [6, 6.07) is 6.07. The van der Waals surface area contributed by atoms with E-state index in [1.54, 1.807) is 12.1 Å². The minimum absolute atomic E-state index is 0.0344. The predicted octanol–water partition coefficient (Wildman–Crippen LogP) is 1.96. The Bertz CT molecular complexity index is 368. The van der Waals surface area contributed by atoms with Gasteiger partial charge in [-0.1, -0.05) is 12.1 Å². The van der Waals surface area contributed by atoms with Crippen molar-refractivity contribution < 1.29 is 9.18 Å². The van der Waals surface area contributed by atoms with Crippen molar-refractivity contribution >= 4 is 5.91 Å². The Kier molecular flexibility index (Phi) is 4.63. The molecule has 0 saturated carbocycles. The van der Waals surface area contributed by atoms with Crippen LogP contribution in [0.5, 0.6) is 0 Å². The van der Waals surface area contributed by atoms with E-state index < -0.39 is 0 Å². The highest BCUT2D eigenvalue weighted by molar-refractivity contribution is 5.75. The van der Waals surface area contributed by atoms with Crippen LogP contribution < -0.4 is 11.1 Å². The van der Waals surface area contributed by atoms with E-state index in [2.05, 4.69) is 5.32 Å². The quantitative estimate of drug-likeness (QED) is 0.824. The third-order valence-electron chi connectivity index (χ3n) is 2.40. The standard InChI is InChI=1S/C13H19FN2O/c1-13(2,15)8-7-12(17)16-9-10-3-5-11(14)6-4-10/h3-6H,7-9,15H2,1-2H3,(H,16,17). The second-order valence-electron chi connectivity index (χ2n) is 4.89. The fourth-order valence-electron chi connectivity index (χ4n) is 1.33. The Hall–Kier alpha value is -1.42. The summed E-state index contributed by atoms with van der Waals surface area (Å²) in [6.07, 6.45) is 1.05. The van der Waals surface area contributed by atoms with E-state index in [-0.39, 0.29) is 17.3 Å². The van der Waals surface area contributed by atoms with Crippen LogP contribution in [-0.2, 0) is 11.3 Å². The molecule has 0 atom stereocenters. The molecule has 94 valence electrons. The van der Waals surface area contributed by atoms with Gasteiger partial charge < -0.3 is 11.1 Å². The van der Waals surface area contributed by atoms with Crippen molar-refractivity contribution in [3.8, 4) is 0 Å². The molecule has 4 heteroatoms. The summed E-state index contributed by atoms with van der Waals surface area (Å²) in [6.45, 7) is 4.20. The first-order valence-electron chi connectivity index (χ1n) is 5.67. The Balaban J connectivity index is 2.31. The van der Waals surface area contributed by atoms with Crippen LogP contribution in [0.15, 0.2) is 24.3 Å². The predicted molar refractivity (Wildman–Crippen MR) is 65.7 cm³/mol. The van der Waals surface area contributed by atoms with Gasteiger partial charge in [-0.3, -0.25) is 4.79 Å². The van der Waals surface area contributed by atoms with Gasteiger partial charge in [-0.05, 0) is 38.0 Å². The molecule has 0 aliphatic carbocycles. The number of rotatable bonds is 5. The SMILES string of the molecule is CC(C)(N)CCC(=O)NCc1ccc(F)cc1. The van der Waals surface area contributed by atoms with Gasteiger partial charge in [0.2, 0.25) is 5.91 Å². The van der Waals surface area contributed by atoms with E-state index in [1.165, 1.54) is 12.1 Å². The highest BCUT2D eigenvalue weighted by Crippen LogP contribution is 2.07. The topological polar surface area (TPSA) is 55.1 Å². The number of hydrogen-bond acceptors (Lipinski definition) is 2. The number of hydrogen-bond donors (Lipinski definition) is 2. The number of nitrogens with one attached hydrogen (secondary N) is 1. The molecule has 1 aromatic rings. The maximum atomic E-state index is 12.6. The molecule has 0 fully saturated rings. The molecule has 0 aromatic heterocycles. The van der Waals surface area contributed by atoms with Gasteiger partial charge in [0.15, 0.2) is 0 Å². The molecule has 0 saturated heterocycles. The molecule has 0 spiro atoms. The summed E-state index contributed by atoms with van der Waals surface area (Å²) in [5, 5.41) is 2.77. The number of amides is 1. The summed E-state index contributed by atoms with van der Waals surface area (Å²) in [7, 11) is 0. The molecule has 1 rings (SSSR count). The van der Waals surface area contributed by atoms with Crippen LogP contribution in [0, 0.1) is 5.82 Å². The van der Waals surface area contributed by atoms with Crippen molar-refractivity contribution in [2.75, 3.05) is 0 Å². The van der Waals surface area contributed by atoms with E-state index in [1.807, 2.05) is 13.8 Å². The lowest BCUT2D eigenvalue weighted by Crippen LogP contribution is -2.34. The number of benzene rings is 1. The molecule has 3 nitrogen and oxygen atoms in total. The first-order chi connectivity index (χ1) is 7.87. The maximum Gasteiger partial charge on any atom is 0.220 e. The van der Waals surface area contributed by atoms with E-state index in [4.69, 9.17) is 5.73 Å². The number of carbonyl (C=O) groups excluding carboxylic acids is 1. The average Bonchev–Trinajstić information content (AvgIpc) is 2.25. The summed E-state index contributed by atoms with van der Waals surface area (Å²) in [5.41, 5.74) is 6.34. The zero-order valence-corrected chi connectivity index (χ0v) is 10.3. The van der Waals surface area contributed by atoms with E-state index in [0.717, 1.165) is 5.56 Å². The minimum Gasteiger partial charge on any atom is -0.352 e. The van der Waals surface area contributed by atoms with Crippen LogP contribution in [0.2, 0.25) is 0 Å². The largest absolute Gasteiger partial charge is 0.352 e. The van der Waals surface area contributed by atoms with Crippen LogP contribution in [0.1, 0.15) is 32.3 Å². The molecule has 0 aliphatic heterocycles. The van der Waals surface area contributed by atoms with Gasteiger partial charge in [-0.15, -0.1) is 0 Å². The number of halogens is 1. The Morgan fingerprint density at radius 1 is 1.35 bits per heavy atom. The van der Waals surface area contributed by atoms with Crippen molar-refractivity contribution in [1.82, 2.24) is 5.32 Å². The third-order valence-corrected chi connectivity index (χ3v) is 2.40. The number of carbonyl (C=O) groups is 1. The van der Waals surface area contributed by atoms with Crippen molar-refractivity contribution in [3.05, 3.63) is 35.6 Å². The summed E-state index contributed by atoms with van der Waals surface area (Å²) in [4.78, 5) is 11.5. The Labute approximate surface area is 101 Å². The molecule has 0 bridgehead atoms. The summed E-state index contributed by atoms with van der Waals surface area (Å²) in [5.74, 6) is -0.308. The second-order valence-corrected chi connectivity index (χ2v) is 4.89. The van der Waals surface area contributed by atoms with Crippen LogP contribution in [0.4, 0.5) is 4.39 Å². The second kappa shape index (κ2) is 5.77. The normalized spacial score (nSPS) is 11.3. The van der Waals surface area contributed by atoms with Gasteiger partial charge in [0, 0.05) is 18.5 Å². The van der Waals surface area contributed by atoms with E-state index in [9.17, 15) is 9.18 Å². The lowest BCUT2D eigenvalue weighted by atomic mass is 10.00. The first-order valence-corrected chi connectivity index (χ1v) is 5.67. The fraction of sp³-hybridized carbons (Fsp3) is 0.462. The van der Waals surface area contributed by atoms with Gasteiger partial charge in [0.25, 0.3) is 0 Å². The zero-order chi connectivity index (χ0) is 12.9. The lowest BCUT2D eigenvalue weighted by molar-refractivity contribution is -0.121. The molecule has 1 amide bonds. The van der Waals surface area contributed by atoms with Gasteiger partial charge in [-0.2, -0.15) is 0 Å². The molecule has 0 radical (unpaired) electrons. The van der Waals surface area contributed by atoms with Crippen LogP contribution in [0.25, 0.3) is 0 Å². The Morgan fingerprint density at radius 3 is 2.47 bits per heavy atom. The fourth-order valence-corrected chi connectivity index (χ4v) is 1.33. The van der Waals surface area contributed by atoms with Gasteiger partial charge >= 0.3 is 0 Å². The van der Waals surface area contributed by atoms with Crippen molar-refractivity contribution in [3.63, 3.8) is 0 Å². The number of nitrogens with two attached hydrogens (primary N) is 1. The Morgan fingerprint density at radius 2 is 1.94 bits per heavy atom. The van der Waals surface area contributed by atoms with Crippen LogP contribution in [-0.4, -0.2) is 11.4 Å². The summed E-state index contributed by atoms with van der Waals surface area (Å²) >= 11 is 0. The van der Waals surface area contributed by atoms with Crippen molar-refractivity contribution in [1.29, 1.82) is 0 Å². The van der Waals surface area contributed by atoms with Gasteiger partial charge in [-0.25, -0.2) is 4.39 Å². The molecule has 1 aromatic carbocycles. The van der Waals surface area contributed by atoms with Crippen molar-refractivity contribution in [2.45, 2.75) is 38.8 Å². The van der Waals surface area contributed by atoms with E-state index in [0.29, 0.717) is 19.4 Å². The smallest absolute Gasteiger partial charge is 0.220 e. The lowest BCUT2D eigenvalue weighted by Gasteiger charge is -2.17. The van der Waals surface area contributed by atoms with Crippen LogP contribution >= 0.6 is 0 Å². The molecule has 0 aliphatic rings. The van der Waals surface area contributed by atoms with E-state index >= 15 is 0 Å². The summed E-state index contributed by atoms with van der Waals surface area (Å²) < 4.78 is 12.6. The molecule has 3 N–H and O–H groups in total. The van der Waals surface area contributed by atoms with Gasteiger partial charge in [0.05, 0.1) is 0 Å². The monoisotopic (exact) mass is 238 g/mol. The average molecular weight is 238 g/mol. The van der Waals surface area contributed by atoms with Crippen molar-refractivity contribution in [2.24, 2.45) is 5.73 Å². The minimum atomic E-state index is -0.326. The third kappa shape index (κ3) is 6.02. The highest BCUT2D eigenvalue weighted by atomic mass is 19.1. The van der Waals surface area contributed by atoms with Gasteiger partial charge in [0.1, 0.15) is 5.82 Å². The zero-order valence-electron chi connectivity index (χ0n) is 10.3. The van der Waals surface area contributed by atoms with Crippen LogP contribution in [0.3, 0.4) is 0 Å². The molecule has 0 unspecified atom stereocenters. The highest BCUT2D eigenvalue weighted by Gasteiger charge is 2.12. The molecule has 17 heavy (non-hydrogen) atoms. The maximum absolute atomic E-state index is 12.6.